The standard InChI is InChI=1S/C19H20ClF2NO3.K/c1-11-7-13(20)4-3-12(11)8-16(18(26-2)10-19(24)23-25)15-6-5-14(21)9-17(15)22;/h3-7,9,16,18,25H,8,10H2,1-2H3,(H,23,24);/t16-,18-;/m1./s1. The zero-order chi connectivity index (χ0) is 19.3. The van der Waals surface area contributed by atoms with E-state index in [1.54, 1.807) is 17.6 Å². The van der Waals surface area contributed by atoms with Gasteiger partial charge in [0, 0.05) is 75.5 Å². The summed E-state index contributed by atoms with van der Waals surface area (Å²) in [6.07, 6.45) is -0.554. The van der Waals surface area contributed by atoms with Gasteiger partial charge in [0.05, 0.1) is 12.5 Å². The number of rotatable bonds is 7. The van der Waals surface area contributed by atoms with Crippen LogP contribution in [0.4, 0.5) is 8.78 Å². The Bertz CT molecular complexity index is 792. The van der Waals surface area contributed by atoms with Crippen LogP contribution in [0.25, 0.3) is 0 Å². The number of hydroxylamine groups is 1. The Labute approximate surface area is 204 Å². The first-order chi connectivity index (χ1) is 12.3. The van der Waals surface area contributed by atoms with Crippen molar-refractivity contribution in [3.05, 3.63) is 69.7 Å². The van der Waals surface area contributed by atoms with E-state index in [0.29, 0.717) is 11.4 Å². The molecular formula is C19H20ClF2KNO3. The molecule has 0 saturated carbocycles. The summed E-state index contributed by atoms with van der Waals surface area (Å²) >= 11 is 5.98. The molecule has 4 nitrogen and oxygen atoms in total. The minimum absolute atomic E-state index is 0. The number of methoxy groups -OCH3 is 1. The van der Waals surface area contributed by atoms with Crippen molar-refractivity contribution < 1.29 is 23.5 Å². The second kappa shape index (κ2) is 11.6. The van der Waals surface area contributed by atoms with E-state index in [9.17, 15) is 13.6 Å². The summed E-state index contributed by atoms with van der Waals surface area (Å²) in [5.41, 5.74) is 3.59. The van der Waals surface area contributed by atoms with E-state index < -0.39 is 29.6 Å². The largest absolute Gasteiger partial charge is 0.380 e. The van der Waals surface area contributed by atoms with Crippen molar-refractivity contribution in [1.29, 1.82) is 0 Å². The number of benzene rings is 2. The Morgan fingerprint density at radius 2 is 1.96 bits per heavy atom. The van der Waals surface area contributed by atoms with Gasteiger partial charge in [-0.3, -0.25) is 10.0 Å². The molecule has 2 rings (SSSR count). The molecular weight excluding hydrogens is 403 g/mol. The first-order valence-electron chi connectivity index (χ1n) is 8.01. The van der Waals surface area contributed by atoms with Crippen LogP contribution in [0.5, 0.6) is 0 Å². The van der Waals surface area contributed by atoms with Crippen LogP contribution in [0, 0.1) is 18.6 Å². The average Bonchev–Trinajstić information content (AvgIpc) is 2.60. The molecule has 0 aliphatic heterocycles. The second-order valence-corrected chi connectivity index (χ2v) is 6.50. The molecule has 141 valence electrons. The van der Waals surface area contributed by atoms with E-state index in [1.807, 2.05) is 13.0 Å². The van der Waals surface area contributed by atoms with Gasteiger partial charge < -0.3 is 4.74 Å². The average molecular weight is 423 g/mol. The fourth-order valence-electron chi connectivity index (χ4n) is 2.99. The van der Waals surface area contributed by atoms with E-state index >= 15 is 0 Å². The molecule has 0 fully saturated rings. The first kappa shape index (κ1) is 24.7. The topological polar surface area (TPSA) is 58.6 Å². The van der Waals surface area contributed by atoms with Crippen molar-refractivity contribution in [3.63, 3.8) is 0 Å². The molecule has 2 atom stereocenters. The Hall–Kier alpha value is -0.384. The van der Waals surface area contributed by atoms with Gasteiger partial charge in [0.2, 0.25) is 5.91 Å². The van der Waals surface area contributed by atoms with Gasteiger partial charge in [0.15, 0.2) is 0 Å². The zero-order valence-corrected chi connectivity index (χ0v) is 19.3. The van der Waals surface area contributed by atoms with Crippen molar-refractivity contribution in [2.75, 3.05) is 7.11 Å². The number of aryl methyl sites for hydroxylation is 1. The number of amides is 1. The summed E-state index contributed by atoms with van der Waals surface area (Å²) in [6.45, 7) is 1.88. The minimum Gasteiger partial charge on any atom is -0.380 e. The molecule has 0 aliphatic rings. The summed E-state index contributed by atoms with van der Waals surface area (Å²) in [6, 6.07) is 8.66. The summed E-state index contributed by atoms with van der Waals surface area (Å²) in [5, 5.41) is 9.38. The third kappa shape index (κ3) is 6.87. The van der Waals surface area contributed by atoms with Gasteiger partial charge in [-0.05, 0) is 48.2 Å². The quantitative estimate of drug-likeness (QED) is 0.405. The fraction of sp³-hybridized carbons (Fsp3) is 0.316. The van der Waals surface area contributed by atoms with E-state index in [0.717, 1.165) is 17.2 Å². The molecule has 2 aromatic carbocycles. The van der Waals surface area contributed by atoms with Gasteiger partial charge in [-0.25, -0.2) is 14.3 Å². The maximum absolute atomic E-state index is 14.4. The molecule has 0 unspecified atom stereocenters. The van der Waals surface area contributed by atoms with Crippen molar-refractivity contribution in [3.8, 4) is 0 Å². The van der Waals surface area contributed by atoms with Crippen LogP contribution < -0.4 is 5.48 Å². The molecule has 8 heteroatoms. The number of carbonyl (C=O) groups excluding carboxylic acids is 1. The van der Waals surface area contributed by atoms with Gasteiger partial charge in [-0.15, -0.1) is 0 Å². The Balaban J connectivity index is 0.00000364. The van der Waals surface area contributed by atoms with E-state index in [2.05, 4.69) is 0 Å². The van der Waals surface area contributed by atoms with Crippen molar-refractivity contribution in [2.45, 2.75) is 31.8 Å². The molecule has 1 amide bonds. The molecule has 0 bridgehead atoms. The van der Waals surface area contributed by atoms with Crippen molar-refractivity contribution in [2.24, 2.45) is 0 Å². The number of ether oxygens (including phenoxy) is 1. The molecule has 0 heterocycles. The molecule has 2 aromatic rings. The van der Waals surface area contributed by atoms with Crippen LogP contribution in [-0.2, 0) is 16.0 Å². The number of nitrogens with one attached hydrogen (secondary N) is 1. The Morgan fingerprint density at radius 3 is 2.52 bits per heavy atom. The van der Waals surface area contributed by atoms with Gasteiger partial charge >= 0.3 is 0 Å². The SMILES string of the molecule is CO[C@H](CC(=O)NO)[C@H](Cc1ccc(Cl)cc1C)c1ccc(F)cc1F.[K]. The molecule has 2 N–H and O–H groups in total. The number of hydrogen-bond acceptors (Lipinski definition) is 3. The van der Waals surface area contributed by atoms with Crippen LogP contribution in [0.15, 0.2) is 36.4 Å². The van der Waals surface area contributed by atoms with E-state index in [4.69, 9.17) is 21.5 Å². The van der Waals surface area contributed by atoms with Crippen LogP contribution in [0.2, 0.25) is 5.02 Å². The van der Waals surface area contributed by atoms with Crippen LogP contribution in [0.3, 0.4) is 0 Å². The molecule has 0 saturated heterocycles. The minimum atomic E-state index is -0.725. The second-order valence-electron chi connectivity index (χ2n) is 6.06. The number of halogens is 3. The van der Waals surface area contributed by atoms with Gasteiger partial charge in [0.1, 0.15) is 11.6 Å². The third-order valence-corrected chi connectivity index (χ3v) is 4.60. The Morgan fingerprint density at radius 1 is 1.26 bits per heavy atom. The number of carbonyl (C=O) groups is 1. The van der Waals surface area contributed by atoms with Crippen LogP contribution in [0.1, 0.15) is 29.0 Å². The van der Waals surface area contributed by atoms with Gasteiger partial charge in [-0.2, -0.15) is 0 Å². The Kier molecular flexibility index (Phi) is 10.6. The molecule has 27 heavy (non-hydrogen) atoms. The zero-order valence-electron chi connectivity index (χ0n) is 15.4. The van der Waals surface area contributed by atoms with Crippen molar-refractivity contribution in [1.82, 2.24) is 5.48 Å². The normalized spacial score (nSPS) is 12.8. The molecule has 1 radical (unpaired) electrons. The maximum atomic E-state index is 14.4. The predicted molar refractivity (Wildman–Crippen MR) is 100 cm³/mol. The monoisotopic (exact) mass is 422 g/mol. The maximum Gasteiger partial charge on any atom is 0.245 e. The summed E-state index contributed by atoms with van der Waals surface area (Å²) < 4.78 is 33.1. The molecule has 0 aromatic heterocycles. The fourth-order valence-corrected chi connectivity index (χ4v) is 3.21. The van der Waals surface area contributed by atoms with Crippen LogP contribution in [-0.4, -0.2) is 75.7 Å². The summed E-state index contributed by atoms with van der Waals surface area (Å²) in [4.78, 5) is 11.6. The predicted octanol–water partition coefficient (Wildman–Crippen LogP) is 3.78. The molecule has 0 aliphatic carbocycles. The van der Waals surface area contributed by atoms with Gasteiger partial charge in [-0.1, -0.05) is 23.7 Å². The smallest absolute Gasteiger partial charge is 0.245 e. The first-order valence-corrected chi connectivity index (χ1v) is 8.39. The van der Waals surface area contributed by atoms with E-state index in [1.165, 1.54) is 19.2 Å². The number of hydrogen-bond donors (Lipinski definition) is 2. The summed E-state index contributed by atoms with van der Waals surface area (Å²) in [7, 11) is 1.40. The van der Waals surface area contributed by atoms with Crippen LogP contribution >= 0.6 is 11.6 Å². The third-order valence-electron chi connectivity index (χ3n) is 4.37. The van der Waals surface area contributed by atoms with E-state index in [-0.39, 0.29) is 63.4 Å². The van der Waals surface area contributed by atoms with Crippen molar-refractivity contribution >= 4 is 68.9 Å². The molecule has 0 spiro atoms. The van der Waals surface area contributed by atoms with Gasteiger partial charge in [0.25, 0.3) is 0 Å². The summed E-state index contributed by atoms with van der Waals surface area (Å²) in [5.74, 6) is -2.63.